The highest BCUT2D eigenvalue weighted by atomic mass is 16.5. The van der Waals surface area contributed by atoms with E-state index in [9.17, 15) is 14.7 Å². The zero-order valence-corrected chi connectivity index (χ0v) is 15.2. The van der Waals surface area contributed by atoms with Crippen LogP contribution in [0.3, 0.4) is 0 Å². The third-order valence-corrected chi connectivity index (χ3v) is 4.47. The van der Waals surface area contributed by atoms with Crippen molar-refractivity contribution in [2.75, 3.05) is 19.7 Å². The molecule has 1 heterocycles. The summed E-state index contributed by atoms with van der Waals surface area (Å²) in [6, 6.07) is 19.4. The van der Waals surface area contributed by atoms with Gasteiger partial charge in [-0.15, -0.1) is 0 Å². The Labute approximate surface area is 158 Å². The summed E-state index contributed by atoms with van der Waals surface area (Å²) >= 11 is 0. The molecule has 0 radical (unpaired) electrons. The second-order valence-electron chi connectivity index (χ2n) is 6.58. The van der Waals surface area contributed by atoms with Gasteiger partial charge in [0.15, 0.2) is 6.10 Å². The molecule has 2 aromatic rings. The first-order valence-electron chi connectivity index (χ1n) is 8.92. The first kappa shape index (κ1) is 19.1. The molecule has 1 fully saturated rings. The maximum Gasteiger partial charge on any atom is 0.334 e. The first-order chi connectivity index (χ1) is 13.0. The van der Waals surface area contributed by atoms with Gasteiger partial charge in [-0.05, 0) is 18.1 Å². The Morgan fingerprint density at radius 3 is 2.15 bits per heavy atom. The Morgan fingerprint density at radius 2 is 1.63 bits per heavy atom. The fraction of sp³-hybridized carbons (Fsp3) is 0.333. The molecular weight excluding hydrogens is 346 g/mol. The van der Waals surface area contributed by atoms with E-state index in [0.717, 1.165) is 11.1 Å². The number of hydrogen-bond acceptors (Lipinski definition) is 4. The molecule has 1 aliphatic rings. The van der Waals surface area contributed by atoms with Crippen molar-refractivity contribution in [3.63, 3.8) is 0 Å². The lowest BCUT2D eigenvalue weighted by molar-refractivity contribution is -0.168. The predicted molar refractivity (Wildman–Crippen MR) is 99.2 cm³/mol. The summed E-state index contributed by atoms with van der Waals surface area (Å²) < 4.78 is 11.3. The van der Waals surface area contributed by atoms with Gasteiger partial charge in [-0.2, -0.15) is 0 Å². The summed E-state index contributed by atoms with van der Waals surface area (Å²) in [5.74, 6) is -1.31. The number of aliphatic carboxylic acids is 1. The van der Waals surface area contributed by atoms with Crippen LogP contribution in [0.25, 0.3) is 0 Å². The molecule has 142 valence electrons. The van der Waals surface area contributed by atoms with Gasteiger partial charge in [-0.3, -0.25) is 4.79 Å². The first-order valence-corrected chi connectivity index (χ1v) is 8.92. The van der Waals surface area contributed by atoms with Crippen LogP contribution in [0.4, 0.5) is 0 Å². The monoisotopic (exact) mass is 369 g/mol. The van der Waals surface area contributed by atoms with Crippen LogP contribution in [-0.4, -0.2) is 53.8 Å². The zero-order valence-electron chi connectivity index (χ0n) is 15.2. The van der Waals surface area contributed by atoms with Crippen LogP contribution >= 0.6 is 0 Å². The molecule has 0 saturated carbocycles. The lowest BCUT2D eigenvalue weighted by Gasteiger charge is -2.35. The summed E-state index contributed by atoms with van der Waals surface area (Å²) in [5.41, 5.74) is 1.91. The fourth-order valence-corrected chi connectivity index (χ4v) is 3.18. The van der Waals surface area contributed by atoms with Gasteiger partial charge >= 0.3 is 5.97 Å². The summed E-state index contributed by atoms with van der Waals surface area (Å²) in [5, 5.41) is 9.18. The van der Waals surface area contributed by atoms with E-state index < -0.39 is 12.1 Å². The summed E-state index contributed by atoms with van der Waals surface area (Å²) in [6.45, 7) is 2.01. The van der Waals surface area contributed by atoms with E-state index in [2.05, 4.69) is 0 Å². The maximum absolute atomic E-state index is 12.6. The molecule has 0 bridgehead atoms. The van der Waals surface area contributed by atoms with E-state index in [-0.39, 0.29) is 31.3 Å². The number of ether oxygens (including phenoxy) is 2. The van der Waals surface area contributed by atoms with E-state index >= 15 is 0 Å². The molecule has 27 heavy (non-hydrogen) atoms. The van der Waals surface area contributed by atoms with E-state index in [4.69, 9.17) is 9.47 Å². The SMILES string of the molecule is C[C@@H]1CN(C(=O)COC(c2ccccc2)c2ccccc2)CC(C(=O)O)O1. The molecule has 1 N–H and O–H groups in total. The number of carbonyl (C=O) groups excluding carboxylic acids is 1. The molecule has 1 aliphatic heterocycles. The van der Waals surface area contributed by atoms with Crippen LogP contribution in [0, 0.1) is 0 Å². The standard InChI is InChI=1S/C21H23NO5/c1-15-12-22(13-18(27-15)21(24)25)19(23)14-26-20(16-8-4-2-5-9-16)17-10-6-3-7-11-17/h2-11,15,18,20H,12-14H2,1H3,(H,24,25)/t15-,18?/m1/s1. The Hall–Kier alpha value is -2.70. The molecule has 0 aliphatic carbocycles. The van der Waals surface area contributed by atoms with Crippen molar-refractivity contribution in [2.45, 2.75) is 25.2 Å². The van der Waals surface area contributed by atoms with Crippen LogP contribution in [0.1, 0.15) is 24.2 Å². The second-order valence-corrected chi connectivity index (χ2v) is 6.58. The van der Waals surface area contributed by atoms with Gasteiger partial charge in [0, 0.05) is 6.54 Å². The lowest BCUT2D eigenvalue weighted by atomic mass is 10.0. The smallest absolute Gasteiger partial charge is 0.334 e. The number of carboxylic acid groups (broad SMARTS) is 1. The number of rotatable bonds is 6. The van der Waals surface area contributed by atoms with Crippen molar-refractivity contribution >= 4 is 11.9 Å². The van der Waals surface area contributed by atoms with Gasteiger partial charge in [0.05, 0.1) is 12.6 Å². The zero-order chi connectivity index (χ0) is 19.2. The molecule has 3 rings (SSSR count). The Kier molecular flexibility index (Phi) is 6.21. The van der Waals surface area contributed by atoms with Crippen LogP contribution in [0.15, 0.2) is 60.7 Å². The van der Waals surface area contributed by atoms with Crippen molar-refractivity contribution in [3.05, 3.63) is 71.8 Å². The number of hydrogen-bond donors (Lipinski definition) is 1. The highest BCUT2D eigenvalue weighted by Gasteiger charge is 2.32. The van der Waals surface area contributed by atoms with E-state index in [1.807, 2.05) is 60.7 Å². The summed E-state index contributed by atoms with van der Waals surface area (Å²) in [4.78, 5) is 25.3. The molecule has 0 aromatic heterocycles. The van der Waals surface area contributed by atoms with Crippen molar-refractivity contribution in [1.82, 2.24) is 4.90 Å². The minimum Gasteiger partial charge on any atom is -0.479 e. The number of benzene rings is 2. The van der Waals surface area contributed by atoms with Crippen molar-refractivity contribution < 1.29 is 24.2 Å². The third-order valence-electron chi connectivity index (χ3n) is 4.47. The van der Waals surface area contributed by atoms with Crippen molar-refractivity contribution in [1.29, 1.82) is 0 Å². The predicted octanol–water partition coefficient (Wildman–Crippen LogP) is 2.49. The Balaban J connectivity index is 1.70. The number of carbonyl (C=O) groups is 2. The van der Waals surface area contributed by atoms with E-state index in [1.54, 1.807) is 6.92 Å². The molecule has 1 unspecified atom stereocenters. The van der Waals surface area contributed by atoms with Crippen LogP contribution in [-0.2, 0) is 19.1 Å². The third kappa shape index (κ3) is 4.93. The number of morpholine rings is 1. The fourth-order valence-electron chi connectivity index (χ4n) is 3.18. The minimum atomic E-state index is -1.06. The molecule has 1 saturated heterocycles. The van der Waals surface area contributed by atoms with Gasteiger partial charge in [-0.25, -0.2) is 4.79 Å². The average molecular weight is 369 g/mol. The number of nitrogens with zero attached hydrogens (tertiary/aromatic N) is 1. The lowest BCUT2D eigenvalue weighted by Crippen LogP contribution is -2.52. The van der Waals surface area contributed by atoms with E-state index in [1.165, 1.54) is 4.90 Å². The largest absolute Gasteiger partial charge is 0.479 e. The normalized spacial score (nSPS) is 19.9. The van der Waals surface area contributed by atoms with Gasteiger partial charge in [0.1, 0.15) is 12.7 Å². The molecule has 0 spiro atoms. The maximum atomic E-state index is 12.6. The Bertz CT molecular complexity index is 725. The molecule has 6 nitrogen and oxygen atoms in total. The topological polar surface area (TPSA) is 76.1 Å². The molecule has 2 aromatic carbocycles. The Morgan fingerprint density at radius 1 is 1.07 bits per heavy atom. The van der Waals surface area contributed by atoms with Gasteiger partial charge in [0.2, 0.25) is 5.91 Å². The number of carboxylic acids is 1. The van der Waals surface area contributed by atoms with Crippen LogP contribution in [0.5, 0.6) is 0 Å². The van der Waals surface area contributed by atoms with Gasteiger partial charge in [-0.1, -0.05) is 60.7 Å². The molecule has 1 amide bonds. The van der Waals surface area contributed by atoms with Gasteiger partial charge in [0.25, 0.3) is 0 Å². The highest BCUT2D eigenvalue weighted by Crippen LogP contribution is 2.26. The number of amides is 1. The molecular formula is C21H23NO5. The van der Waals surface area contributed by atoms with Crippen LogP contribution < -0.4 is 0 Å². The second kappa shape index (κ2) is 8.79. The summed E-state index contributed by atoms with van der Waals surface area (Å²) in [7, 11) is 0. The summed E-state index contributed by atoms with van der Waals surface area (Å²) in [6.07, 6.45) is -1.70. The van der Waals surface area contributed by atoms with Gasteiger partial charge < -0.3 is 19.5 Å². The highest BCUT2D eigenvalue weighted by molar-refractivity contribution is 5.79. The van der Waals surface area contributed by atoms with E-state index in [0.29, 0.717) is 6.54 Å². The molecule has 2 atom stereocenters. The van der Waals surface area contributed by atoms with Crippen LogP contribution in [0.2, 0.25) is 0 Å². The quantitative estimate of drug-likeness (QED) is 0.847. The molecule has 6 heteroatoms. The average Bonchev–Trinajstić information content (AvgIpc) is 2.69. The minimum absolute atomic E-state index is 0.0310. The van der Waals surface area contributed by atoms with Crippen molar-refractivity contribution in [3.8, 4) is 0 Å². The van der Waals surface area contributed by atoms with Crippen molar-refractivity contribution in [2.24, 2.45) is 0 Å².